The summed E-state index contributed by atoms with van der Waals surface area (Å²) in [5.41, 5.74) is 0.0507. The third-order valence-electron chi connectivity index (χ3n) is 2.59. The number of carbonyl (C=O) groups excluding carboxylic acids is 1. The van der Waals surface area contributed by atoms with Crippen molar-refractivity contribution in [1.82, 2.24) is 9.88 Å². The molecule has 0 saturated carbocycles. The molecule has 0 bridgehead atoms. The van der Waals surface area contributed by atoms with Gasteiger partial charge in [-0.2, -0.15) is 13.2 Å². The fraction of sp³-hybridized carbons (Fsp3) is 0.538. The second kappa shape index (κ2) is 7.82. The lowest BCUT2D eigenvalue weighted by atomic mass is 10.2. The topological polar surface area (TPSA) is 65.5 Å². The molecule has 1 aromatic rings. The standard InChI is InChI=1S/C13H18F3N3O2/c1-2-5-17-11-4-3-10(8-18-11)12(21)19(6-7-20)9-13(14,15)16/h3-4,8,20H,2,5-7,9H2,1H3,(H,17,18). The number of hydrogen-bond donors (Lipinski definition) is 2. The number of aliphatic hydroxyl groups excluding tert-OH is 1. The first-order valence-electron chi connectivity index (χ1n) is 6.54. The van der Waals surface area contributed by atoms with E-state index in [9.17, 15) is 18.0 Å². The number of hydrogen-bond acceptors (Lipinski definition) is 4. The Hall–Kier alpha value is -1.83. The highest BCUT2D eigenvalue weighted by atomic mass is 19.4. The normalized spacial score (nSPS) is 11.3. The lowest BCUT2D eigenvalue weighted by Gasteiger charge is -2.23. The molecule has 0 unspecified atom stereocenters. The number of halogens is 3. The molecule has 0 radical (unpaired) electrons. The van der Waals surface area contributed by atoms with Crippen molar-refractivity contribution in [2.24, 2.45) is 0 Å². The van der Waals surface area contributed by atoms with E-state index in [0.717, 1.165) is 6.42 Å². The summed E-state index contributed by atoms with van der Waals surface area (Å²) in [7, 11) is 0. The maximum absolute atomic E-state index is 12.4. The fourth-order valence-electron chi connectivity index (χ4n) is 1.65. The van der Waals surface area contributed by atoms with Crippen molar-refractivity contribution < 1.29 is 23.1 Å². The van der Waals surface area contributed by atoms with Gasteiger partial charge in [-0.25, -0.2) is 4.98 Å². The van der Waals surface area contributed by atoms with Crippen molar-refractivity contribution in [3.8, 4) is 0 Å². The maximum atomic E-state index is 12.4. The van der Waals surface area contributed by atoms with Gasteiger partial charge in [0.2, 0.25) is 0 Å². The van der Waals surface area contributed by atoms with Gasteiger partial charge in [0.25, 0.3) is 5.91 Å². The van der Waals surface area contributed by atoms with Crippen LogP contribution in [0, 0.1) is 0 Å². The van der Waals surface area contributed by atoms with Gasteiger partial charge in [-0.15, -0.1) is 0 Å². The molecule has 118 valence electrons. The highest BCUT2D eigenvalue weighted by Gasteiger charge is 2.33. The van der Waals surface area contributed by atoms with Crippen LogP contribution >= 0.6 is 0 Å². The van der Waals surface area contributed by atoms with Gasteiger partial charge < -0.3 is 15.3 Å². The van der Waals surface area contributed by atoms with Gasteiger partial charge in [-0.05, 0) is 18.6 Å². The highest BCUT2D eigenvalue weighted by molar-refractivity contribution is 5.94. The van der Waals surface area contributed by atoms with Crippen LogP contribution < -0.4 is 5.32 Å². The molecule has 0 fully saturated rings. The molecule has 1 heterocycles. The number of anilines is 1. The molecule has 0 aromatic carbocycles. The Labute approximate surface area is 120 Å². The fourth-order valence-corrected chi connectivity index (χ4v) is 1.65. The lowest BCUT2D eigenvalue weighted by Crippen LogP contribution is -2.40. The third kappa shape index (κ3) is 5.99. The van der Waals surface area contributed by atoms with Crippen LogP contribution in [-0.2, 0) is 0 Å². The maximum Gasteiger partial charge on any atom is 0.406 e. The molecule has 0 aliphatic rings. The quantitative estimate of drug-likeness (QED) is 0.807. The van der Waals surface area contributed by atoms with E-state index in [-0.39, 0.29) is 12.1 Å². The average molecular weight is 305 g/mol. The van der Waals surface area contributed by atoms with Crippen LogP contribution in [0.5, 0.6) is 0 Å². The van der Waals surface area contributed by atoms with E-state index in [1.807, 2.05) is 6.92 Å². The summed E-state index contributed by atoms with van der Waals surface area (Å²) in [4.78, 5) is 16.5. The largest absolute Gasteiger partial charge is 0.406 e. The Kier molecular flexibility index (Phi) is 6.41. The molecule has 1 rings (SSSR count). The molecule has 2 N–H and O–H groups in total. The first-order valence-corrected chi connectivity index (χ1v) is 6.54. The molecule has 21 heavy (non-hydrogen) atoms. The van der Waals surface area contributed by atoms with Crippen LogP contribution in [0.15, 0.2) is 18.3 Å². The molecule has 0 saturated heterocycles. The molecule has 0 spiro atoms. The molecular weight excluding hydrogens is 287 g/mol. The number of carbonyl (C=O) groups is 1. The van der Waals surface area contributed by atoms with Gasteiger partial charge in [-0.3, -0.25) is 4.79 Å². The van der Waals surface area contributed by atoms with Crippen LogP contribution in [0.2, 0.25) is 0 Å². The third-order valence-corrected chi connectivity index (χ3v) is 2.59. The first kappa shape index (κ1) is 17.2. The smallest absolute Gasteiger partial charge is 0.395 e. The van der Waals surface area contributed by atoms with Gasteiger partial charge in [-0.1, -0.05) is 6.92 Å². The summed E-state index contributed by atoms with van der Waals surface area (Å²) >= 11 is 0. The second-order valence-corrected chi connectivity index (χ2v) is 4.42. The average Bonchev–Trinajstić information content (AvgIpc) is 2.43. The molecule has 5 nitrogen and oxygen atoms in total. The van der Waals surface area contributed by atoms with Crippen LogP contribution in [-0.4, -0.2) is 53.3 Å². The molecule has 1 aromatic heterocycles. The molecule has 0 aliphatic heterocycles. The minimum Gasteiger partial charge on any atom is -0.395 e. The van der Waals surface area contributed by atoms with E-state index >= 15 is 0 Å². The van der Waals surface area contributed by atoms with Crippen LogP contribution in [0.4, 0.5) is 19.0 Å². The number of pyridine rings is 1. The van der Waals surface area contributed by atoms with Gasteiger partial charge in [0, 0.05) is 19.3 Å². The van der Waals surface area contributed by atoms with Crippen LogP contribution in [0.3, 0.4) is 0 Å². The first-order chi connectivity index (χ1) is 9.87. The molecule has 1 amide bonds. The van der Waals surface area contributed by atoms with E-state index in [1.54, 1.807) is 0 Å². The molecule has 0 atom stereocenters. The Morgan fingerprint density at radius 3 is 2.62 bits per heavy atom. The predicted molar refractivity (Wildman–Crippen MR) is 72.1 cm³/mol. The predicted octanol–water partition coefficient (Wildman–Crippen LogP) is 1.90. The van der Waals surface area contributed by atoms with Crippen molar-refractivity contribution in [3.63, 3.8) is 0 Å². The number of aromatic nitrogens is 1. The Morgan fingerprint density at radius 2 is 2.14 bits per heavy atom. The summed E-state index contributed by atoms with van der Waals surface area (Å²) in [6.07, 6.45) is -2.39. The highest BCUT2D eigenvalue weighted by Crippen LogP contribution is 2.18. The van der Waals surface area contributed by atoms with E-state index in [2.05, 4.69) is 10.3 Å². The van der Waals surface area contributed by atoms with Crippen molar-refractivity contribution >= 4 is 11.7 Å². The molecular formula is C13H18F3N3O2. The number of nitrogens with zero attached hydrogens (tertiary/aromatic N) is 2. The number of rotatable bonds is 7. The van der Waals surface area contributed by atoms with E-state index in [1.165, 1.54) is 18.3 Å². The number of nitrogens with one attached hydrogen (secondary N) is 1. The zero-order valence-corrected chi connectivity index (χ0v) is 11.7. The van der Waals surface area contributed by atoms with E-state index < -0.39 is 25.2 Å². The zero-order chi connectivity index (χ0) is 15.9. The summed E-state index contributed by atoms with van der Waals surface area (Å²) in [5, 5.41) is 11.8. The van der Waals surface area contributed by atoms with E-state index in [4.69, 9.17) is 5.11 Å². The lowest BCUT2D eigenvalue weighted by molar-refractivity contribution is -0.141. The van der Waals surface area contributed by atoms with Gasteiger partial charge in [0.05, 0.1) is 12.2 Å². The minimum atomic E-state index is -4.51. The number of amides is 1. The van der Waals surface area contributed by atoms with Crippen molar-refractivity contribution in [2.75, 3.05) is 31.6 Å². The Morgan fingerprint density at radius 1 is 1.43 bits per heavy atom. The Bertz CT molecular complexity index is 449. The summed E-state index contributed by atoms with van der Waals surface area (Å²) < 4.78 is 37.2. The SMILES string of the molecule is CCCNc1ccc(C(=O)N(CCO)CC(F)(F)F)cn1. The van der Waals surface area contributed by atoms with Crippen molar-refractivity contribution in [2.45, 2.75) is 19.5 Å². The summed E-state index contributed by atoms with van der Waals surface area (Å²) in [5.74, 6) is -0.256. The van der Waals surface area contributed by atoms with E-state index in [0.29, 0.717) is 17.3 Å². The molecule has 8 heteroatoms. The number of alkyl halides is 3. The van der Waals surface area contributed by atoms with Gasteiger partial charge in [0.1, 0.15) is 12.4 Å². The van der Waals surface area contributed by atoms with Crippen molar-refractivity contribution in [3.05, 3.63) is 23.9 Å². The minimum absolute atomic E-state index is 0.0507. The Balaban J connectivity index is 2.78. The van der Waals surface area contributed by atoms with Crippen LogP contribution in [0.1, 0.15) is 23.7 Å². The van der Waals surface area contributed by atoms with Gasteiger partial charge in [0.15, 0.2) is 0 Å². The van der Waals surface area contributed by atoms with Crippen molar-refractivity contribution in [1.29, 1.82) is 0 Å². The van der Waals surface area contributed by atoms with Crippen LogP contribution in [0.25, 0.3) is 0 Å². The zero-order valence-electron chi connectivity index (χ0n) is 11.7. The second-order valence-electron chi connectivity index (χ2n) is 4.42. The number of aliphatic hydroxyl groups is 1. The summed E-state index contributed by atoms with van der Waals surface area (Å²) in [6.45, 7) is 0.377. The summed E-state index contributed by atoms with van der Waals surface area (Å²) in [6, 6.07) is 2.95. The monoisotopic (exact) mass is 305 g/mol. The molecule has 0 aliphatic carbocycles. The van der Waals surface area contributed by atoms with Gasteiger partial charge >= 0.3 is 6.18 Å².